The van der Waals surface area contributed by atoms with Crippen LogP contribution in [0.1, 0.15) is 21.6 Å². The molecule has 0 bridgehead atoms. The van der Waals surface area contributed by atoms with Crippen LogP contribution in [-0.4, -0.2) is 57.9 Å². The van der Waals surface area contributed by atoms with E-state index < -0.39 is 23.3 Å². The zero-order chi connectivity index (χ0) is 23.5. The summed E-state index contributed by atoms with van der Waals surface area (Å²) in [4.78, 5) is 25.8. The second kappa shape index (κ2) is 9.04. The molecule has 0 atom stereocenters. The first kappa shape index (κ1) is 22.7. The van der Waals surface area contributed by atoms with Gasteiger partial charge in [0, 0.05) is 25.8 Å². The van der Waals surface area contributed by atoms with Gasteiger partial charge in [-0.05, 0) is 23.8 Å². The van der Waals surface area contributed by atoms with Crippen molar-refractivity contribution in [2.45, 2.75) is 12.6 Å². The lowest BCUT2D eigenvalue weighted by Crippen LogP contribution is -2.23. The van der Waals surface area contributed by atoms with Gasteiger partial charge < -0.3 is 15.0 Å². The van der Waals surface area contributed by atoms with E-state index in [2.05, 4.69) is 20.6 Å². The number of hydrogen-bond acceptors (Lipinski definition) is 6. The number of likely N-dealkylation sites (N-methyl/N-ethyl adjacent to an activating group) is 1. The van der Waals surface area contributed by atoms with Crippen molar-refractivity contribution in [3.05, 3.63) is 59.4 Å². The third-order valence-corrected chi connectivity index (χ3v) is 4.40. The largest absolute Gasteiger partial charge is 0.480 e. The average molecular weight is 448 g/mol. The standard InChI is InChI=1S/C20H19F3N6O3/c1-28(2)17(30)10-12-4-6-13(7-5-12)25-19(31)14-11-24-29(18(14)20(21,22)23)15-8-9-16(32-3)27-26-15/h4-9,11H,10H2,1-3H3,(H,25,31). The summed E-state index contributed by atoms with van der Waals surface area (Å²) >= 11 is 0. The van der Waals surface area contributed by atoms with Crippen LogP contribution in [0.25, 0.3) is 5.82 Å². The van der Waals surface area contributed by atoms with E-state index in [4.69, 9.17) is 4.74 Å². The minimum absolute atomic E-state index is 0.106. The van der Waals surface area contributed by atoms with Gasteiger partial charge in [0.05, 0.1) is 25.3 Å². The molecule has 9 nitrogen and oxygen atoms in total. The van der Waals surface area contributed by atoms with E-state index in [0.29, 0.717) is 10.2 Å². The van der Waals surface area contributed by atoms with Gasteiger partial charge in [0.15, 0.2) is 11.5 Å². The van der Waals surface area contributed by atoms with E-state index in [0.717, 1.165) is 6.20 Å². The van der Waals surface area contributed by atoms with Crippen LogP contribution >= 0.6 is 0 Å². The maximum Gasteiger partial charge on any atom is 0.434 e. The van der Waals surface area contributed by atoms with Crippen LogP contribution in [0.3, 0.4) is 0 Å². The van der Waals surface area contributed by atoms with Gasteiger partial charge in [0.1, 0.15) is 0 Å². The third kappa shape index (κ3) is 5.02. The van der Waals surface area contributed by atoms with Crippen molar-refractivity contribution in [3.63, 3.8) is 0 Å². The lowest BCUT2D eigenvalue weighted by Gasteiger charge is -2.13. The minimum atomic E-state index is -4.89. The number of methoxy groups -OCH3 is 1. The Morgan fingerprint density at radius 2 is 1.78 bits per heavy atom. The molecule has 168 valence electrons. The molecular formula is C20H19F3N6O3. The SMILES string of the molecule is COc1ccc(-n2ncc(C(=O)Nc3ccc(CC(=O)N(C)C)cc3)c2C(F)(F)F)nn1. The van der Waals surface area contributed by atoms with Crippen molar-refractivity contribution >= 4 is 17.5 Å². The first-order valence-corrected chi connectivity index (χ1v) is 9.24. The quantitative estimate of drug-likeness (QED) is 0.622. The molecule has 1 N–H and O–H groups in total. The lowest BCUT2D eigenvalue weighted by molar-refractivity contribution is -0.143. The first-order chi connectivity index (χ1) is 15.1. The van der Waals surface area contributed by atoms with Crippen molar-refractivity contribution < 1.29 is 27.5 Å². The number of nitrogens with one attached hydrogen (secondary N) is 1. The summed E-state index contributed by atoms with van der Waals surface area (Å²) in [6.07, 6.45) is -3.91. The summed E-state index contributed by atoms with van der Waals surface area (Å²) in [5.74, 6) is -1.22. The van der Waals surface area contributed by atoms with Gasteiger partial charge >= 0.3 is 6.18 Å². The Balaban J connectivity index is 1.85. The Hall–Kier alpha value is -3.96. The molecule has 0 aliphatic carbocycles. The van der Waals surface area contributed by atoms with Crippen LogP contribution in [0.2, 0.25) is 0 Å². The zero-order valence-electron chi connectivity index (χ0n) is 17.3. The molecule has 2 aromatic heterocycles. The topological polar surface area (TPSA) is 102 Å². The molecule has 2 amide bonds. The molecule has 1 aromatic carbocycles. The summed E-state index contributed by atoms with van der Waals surface area (Å²) in [6, 6.07) is 8.79. The number of alkyl halides is 3. The van der Waals surface area contributed by atoms with E-state index in [9.17, 15) is 22.8 Å². The number of anilines is 1. The maximum atomic E-state index is 13.8. The normalized spacial score (nSPS) is 11.2. The van der Waals surface area contributed by atoms with Crippen LogP contribution in [0.4, 0.5) is 18.9 Å². The first-order valence-electron chi connectivity index (χ1n) is 9.24. The number of amides is 2. The van der Waals surface area contributed by atoms with Crippen molar-refractivity contribution in [1.82, 2.24) is 24.9 Å². The summed E-state index contributed by atoms with van der Waals surface area (Å²) in [5, 5.41) is 13.4. The fourth-order valence-corrected chi connectivity index (χ4v) is 2.73. The van der Waals surface area contributed by atoms with Crippen molar-refractivity contribution in [2.24, 2.45) is 0 Å². The smallest absolute Gasteiger partial charge is 0.434 e. The molecule has 12 heteroatoms. The van der Waals surface area contributed by atoms with Crippen LogP contribution < -0.4 is 10.1 Å². The summed E-state index contributed by atoms with van der Waals surface area (Å²) in [5.41, 5.74) is -1.01. The number of nitrogens with zero attached hydrogens (tertiary/aromatic N) is 5. The number of aromatic nitrogens is 4. The van der Waals surface area contributed by atoms with E-state index in [-0.39, 0.29) is 29.7 Å². The molecular weight excluding hydrogens is 429 g/mol. The van der Waals surface area contributed by atoms with Gasteiger partial charge in [-0.15, -0.1) is 10.2 Å². The number of ether oxygens (including phenoxy) is 1. The monoisotopic (exact) mass is 448 g/mol. The Labute approximate surface area is 180 Å². The van der Waals surface area contributed by atoms with E-state index in [1.54, 1.807) is 26.2 Å². The van der Waals surface area contributed by atoms with Crippen LogP contribution in [0, 0.1) is 0 Å². The number of rotatable bonds is 6. The molecule has 0 spiro atoms. The van der Waals surface area contributed by atoms with Gasteiger partial charge in [-0.2, -0.15) is 18.3 Å². The number of carbonyl (C=O) groups is 2. The highest BCUT2D eigenvalue weighted by Gasteiger charge is 2.41. The molecule has 0 aliphatic rings. The molecule has 3 aromatic rings. The molecule has 3 rings (SSSR count). The van der Waals surface area contributed by atoms with Gasteiger partial charge in [0.25, 0.3) is 5.91 Å². The van der Waals surface area contributed by atoms with E-state index in [1.807, 2.05) is 0 Å². The maximum absolute atomic E-state index is 13.8. The number of halogens is 3. The average Bonchev–Trinajstić information content (AvgIpc) is 3.21. The van der Waals surface area contributed by atoms with Crippen LogP contribution in [0.15, 0.2) is 42.6 Å². The molecule has 2 heterocycles. The molecule has 0 aliphatic heterocycles. The Morgan fingerprint density at radius 3 is 2.31 bits per heavy atom. The van der Waals surface area contributed by atoms with Gasteiger partial charge in [0.2, 0.25) is 11.8 Å². The van der Waals surface area contributed by atoms with Crippen molar-refractivity contribution in [3.8, 4) is 11.7 Å². The van der Waals surface area contributed by atoms with Gasteiger partial charge in [-0.3, -0.25) is 9.59 Å². The highest BCUT2D eigenvalue weighted by atomic mass is 19.4. The predicted molar refractivity (Wildman–Crippen MR) is 108 cm³/mol. The number of carbonyl (C=O) groups excluding carboxylic acids is 2. The molecule has 32 heavy (non-hydrogen) atoms. The highest BCUT2D eigenvalue weighted by Crippen LogP contribution is 2.33. The Bertz CT molecular complexity index is 1110. The van der Waals surface area contributed by atoms with E-state index in [1.165, 1.54) is 36.3 Å². The molecule has 0 radical (unpaired) electrons. The highest BCUT2D eigenvalue weighted by molar-refractivity contribution is 6.05. The second-order valence-electron chi connectivity index (χ2n) is 6.87. The number of benzene rings is 1. The van der Waals surface area contributed by atoms with E-state index >= 15 is 0 Å². The predicted octanol–water partition coefficient (Wildman–Crippen LogP) is 2.57. The fourth-order valence-electron chi connectivity index (χ4n) is 2.73. The minimum Gasteiger partial charge on any atom is -0.480 e. The molecule has 0 saturated carbocycles. The van der Waals surface area contributed by atoms with Crippen molar-refractivity contribution in [1.29, 1.82) is 0 Å². The van der Waals surface area contributed by atoms with Gasteiger partial charge in [-0.25, -0.2) is 4.68 Å². The van der Waals surface area contributed by atoms with Crippen molar-refractivity contribution in [2.75, 3.05) is 26.5 Å². The Morgan fingerprint density at radius 1 is 1.09 bits per heavy atom. The Kier molecular flexibility index (Phi) is 6.42. The van der Waals surface area contributed by atoms with Crippen LogP contribution in [0.5, 0.6) is 5.88 Å². The van der Waals surface area contributed by atoms with Crippen LogP contribution in [-0.2, 0) is 17.4 Å². The second-order valence-corrected chi connectivity index (χ2v) is 6.87. The fraction of sp³-hybridized carbons (Fsp3) is 0.250. The summed E-state index contributed by atoms with van der Waals surface area (Å²) in [6.45, 7) is 0. The number of hydrogen-bond donors (Lipinski definition) is 1. The third-order valence-electron chi connectivity index (χ3n) is 4.40. The summed E-state index contributed by atoms with van der Waals surface area (Å²) < 4.78 is 46.6. The molecule has 0 unspecified atom stereocenters. The molecule has 0 fully saturated rings. The summed E-state index contributed by atoms with van der Waals surface area (Å²) in [7, 11) is 4.60. The lowest BCUT2D eigenvalue weighted by atomic mass is 10.1. The zero-order valence-corrected chi connectivity index (χ0v) is 17.3. The van der Waals surface area contributed by atoms with Gasteiger partial charge in [-0.1, -0.05) is 12.1 Å². The molecule has 0 saturated heterocycles.